The second kappa shape index (κ2) is 6.62. The van der Waals surface area contributed by atoms with E-state index in [-0.39, 0.29) is 0 Å². The lowest BCUT2D eigenvalue weighted by atomic mass is 10.2. The van der Waals surface area contributed by atoms with E-state index in [1.165, 1.54) is 17.8 Å². The number of hydrogen-bond acceptors (Lipinski definition) is 2. The van der Waals surface area contributed by atoms with Gasteiger partial charge in [0.05, 0.1) is 5.69 Å². The van der Waals surface area contributed by atoms with Gasteiger partial charge in [-0.05, 0) is 45.3 Å². The van der Waals surface area contributed by atoms with Crippen molar-refractivity contribution < 1.29 is 0 Å². The fraction of sp³-hybridized carbons (Fsp3) is 0.750. The maximum absolute atomic E-state index is 4.54. The van der Waals surface area contributed by atoms with Crippen molar-refractivity contribution in [3.63, 3.8) is 0 Å². The van der Waals surface area contributed by atoms with Crippen molar-refractivity contribution >= 4 is 0 Å². The van der Waals surface area contributed by atoms with Crippen molar-refractivity contribution in [2.24, 2.45) is 0 Å². The first kappa shape index (κ1) is 12.2. The molecule has 0 aromatic carbocycles. The van der Waals surface area contributed by atoms with Crippen LogP contribution in [0.4, 0.5) is 0 Å². The van der Waals surface area contributed by atoms with Crippen molar-refractivity contribution in [2.45, 2.75) is 46.6 Å². The molecule has 3 nitrogen and oxygen atoms in total. The van der Waals surface area contributed by atoms with Crippen LogP contribution in [0.25, 0.3) is 0 Å². The molecule has 0 fully saturated rings. The lowest BCUT2D eigenvalue weighted by Crippen LogP contribution is -2.15. The number of nitrogens with zero attached hydrogens (tertiary/aromatic N) is 2. The van der Waals surface area contributed by atoms with Gasteiger partial charge in [-0.2, -0.15) is 5.10 Å². The van der Waals surface area contributed by atoms with E-state index in [1.807, 2.05) is 0 Å². The minimum absolute atomic E-state index is 0.983. The molecule has 1 aromatic rings. The third-order valence-corrected chi connectivity index (χ3v) is 2.61. The van der Waals surface area contributed by atoms with Gasteiger partial charge in [0.1, 0.15) is 0 Å². The summed E-state index contributed by atoms with van der Waals surface area (Å²) < 4.78 is 2.13. The second-order valence-corrected chi connectivity index (χ2v) is 3.75. The highest BCUT2D eigenvalue weighted by atomic mass is 15.3. The summed E-state index contributed by atoms with van der Waals surface area (Å²) in [6.45, 7) is 9.60. The molecule has 0 amide bonds. The van der Waals surface area contributed by atoms with E-state index in [9.17, 15) is 0 Å². The molecule has 86 valence electrons. The Balaban J connectivity index is 2.47. The third kappa shape index (κ3) is 3.67. The summed E-state index contributed by atoms with van der Waals surface area (Å²) in [5.41, 5.74) is 2.60. The number of rotatable bonds is 7. The quantitative estimate of drug-likeness (QED) is 0.696. The summed E-state index contributed by atoms with van der Waals surface area (Å²) in [5.74, 6) is 0. The van der Waals surface area contributed by atoms with E-state index >= 15 is 0 Å². The Kier molecular flexibility index (Phi) is 5.40. The molecule has 15 heavy (non-hydrogen) atoms. The average molecular weight is 209 g/mol. The van der Waals surface area contributed by atoms with Crippen LogP contribution in [0, 0.1) is 0 Å². The zero-order valence-corrected chi connectivity index (χ0v) is 10.2. The Morgan fingerprint density at radius 2 is 2.13 bits per heavy atom. The third-order valence-electron chi connectivity index (χ3n) is 2.61. The molecular formula is C12H23N3. The molecule has 0 saturated heterocycles. The molecule has 3 heteroatoms. The van der Waals surface area contributed by atoms with Crippen LogP contribution in [0.3, 0.4) is 0 Å². The van der Waals surface area contributed by atoms with Gasteiger partial charge in [0.25, 0.3) is 0 Å². The topological polar surface area (TPSA) is 29.9 Å². The van der Waals surface area contributed by atoms with E-state index in [4.69, 9.17) is 0 Å². The monoisotopic (exact) mass is 209 g/mol. The highest BCUT2D eigenvalue weighted by molar-refractivity contribution is 5.10. The van der Waals surface area contributed by atoms with Crippen molar-refractivity contribution in [2.75, 3.05) is 13.1 Å². The standard InChI is InChI=1S/C12H23N3/c1-4-11-10-12(15(6-3)14-11)8-7-9-13-5-2/h10,13H,4-9H2,1-3H3. The van der Waals surface area contributed by atoms with Crippen LogP contribution in [0.15, 0.2) is 6.07 Å². The van der Waals surface area contributed by atoms with Crippen LogP contribution >= 0.6 is 0 Å². The van der Waals surface area contributed by atoms with Gasteiger partial charge >= 0.3 is 0 Å². The van der Waals surface area contributed by atoms with E-state index in [2.05, 4.69) is 41.9 Å². The summed E-state index contributed by atoms with van der Waals surface area (Å²) in [6, 6.07) is 2.25. The van der Waals surface area contributed by atoms with Gasteiger partial charge in [0.15, 0.2) is 0 Å². The van der Waals surface area contributed by atoms with E-state index in [0.717, 1.165) is 32.5 Å². The first-order chi connectivity index (χ1) is 7.31. The molecule has 0 aliphatic rings. The molecule has 1 heterocycles. The number of aryl methyl sites for hydroxylation is 3. The van der Waals surface area contributed by atoms with Crippen LogP contribution in [0.5, 0.6) is 0 Å². The highest BCUT2D eigenvalue weighted by Gasteiger charge is 2.04. The largest absolute Gasteiger partial charge is 0.317 e. The van der Waals surface area contributed by atoms with E-state index in [0.29, 0.717) is 0 Å². The minimum atomic E-state index is 0.983. The van der Waals surface area contributed by atoms with Crippen LogP contribution in [-0.2, 0) is 19.4 Å². The Labute approximate surface area is 92.9 Å². The van der Waals surface area contributed by atoms with Gasteiger partial charge in [-0.1, -0.05) is 13.8 Å². The zero-order valence-electron chi connectivity index (χ0n) is 10.2. The lowest BCUT2D eigenvalue weighted by molar-refractivity contribution is 0.591. The van der Waals surface area contributed by atoms with Gasteiger partial charge in [0.2, 0.25) is 0 Å². The molecule has 0 unspecified atom stereocenters. The normalized spacial score (nSPS) is 10.9. The molecule has 0 bridgehead atoms. The molecule has 0 atom stereocenters. The predicted octanol–water partition coefficient (Wildman–Crippen LogP) is 2.01. The van der Waals surface area contributed by atoms with Crippen LogP contribution < -0.4 is 5.32 Å². The van der Waals surface area contributed by atoms with Gasteiger partial charge in [-0.25, -0.2) is 0 Å². The zero-order chi connectivity index (χ0) is 11.1. The maximum atomic E-state index is 4.54. The van der Waals surface area contributed by atoms with Gasteiger partial charge in [-0.15, -0.1) is 0 Å². The van der Waals surface area contributed by atoms with Crippen LogP contribution in [0.1, 0.15) is 38.6 Å². The van der Waals surface area contributed by atoms with Crippen molar-refractivity contribution in [3.05, 3.63) is 17.5 Å². The Hall–Kier alpha value is -0.830. The number of aromatic nitrogens is 2. The fourth-order valence-corrected chi connectivity index (χ4v) is 1.73. The first-order valence-corrected chi connectivity index (χ1v) is 6.08. The van der Waals surface area contributed by atoms with Gasteiger partial charge < -0.3 is 5.32 Å². The Bertz CT molecular complexity index is 278. The van der Waals surface area contributed by atoms with Crippen molar-refractivity contribution in [1.29, 1.82) is 0 Å². The average Bonchev–Trinajstić information content (AvgIpc) is 2.67. The summed E-state index contributed by atoms with van der Waals surface area (Å²) in [7, 11) is 0. The fourth-order valence-electron chi connectivity index (χ4n) is 1.73. The Morgan fingerprint density at radius 1 is 1.33 bits per heavy atom. The van der Waals surface area contributed by atoms with Gasteiger partial charge in [-0.3, -0.25) is 4.68 Å². The summed E-state index contributed by atoms with van der Waals surface area (Å²) in [4.78, 5) is 0. The van der Waals surface area contributed by atoms with Gasteiger partial charge in [0, 0.05) is 12.2 Å². The molecule has 0 aliphatic heterocycles. The van der Waals surface area contributed by atoms with Crippen molar-refractivity contribution in [1.82, 2.24) is 15.1 Å². The summed E-state index contributed by atoms with van der Waals surface area (Å²) in [6.07, 6.45) is 3.36. The van der Waals surface area contributed by atoms with E-state index in [1.54, 1.807) is 0 Å². The number of hydrogen-bond donors (Lipinski definition) is 1. The SMILES string of the molecule is CCNCCCc1cc(CC)nn1CC. The van der Waals surface area contributed by atoms with Crippen LogP contribution in [-0.4, -0.2) is 22.9 Å². The lowest BCUT2D eigenvalue weighted by Gasteiger charge is -2.04. The molecule has 1 N–H and O–H groups in total. The summed E-state index contributed by atoms with van der Waals surface area (Å²) in [5, 5.41) is 7.89. The molecule has 0 spiro atoms. The molecule has 0 aliphatic carbocycles. The van der Waals surface area contributed by atoms with Crippen molar-refractivity contribution in [3.8, 4) is 0 Å². The summed E-state index contributed by atoms with van der Waals surface area (Å²) >= 11 is 0. The maximum Gasteiger partial charge on any atom is 0.0624 e. The molecule has 1 aromatic heterocycles. The highest BCUT2D eigenvalue weighted by Crippen LogP contribution is 2.07. The minimum Gasteiger partial charge on any atom is -0.317 e. The smallest absolute Gasteiger partial charge is 0.0624 e. The molecule has 0 saturated carbocycles. The predicted molar refractivity (Wildman–Crippen MR) is 64.1 cm³/mol. The second-order valence-electron chi connectivity index (χ2n) is 3.75. The number of nitrogens with one attached hydrogen (secondary N) is 1. The molecule has 1 rings (SSSR count). The molecule has 0 radical (unpaired) electrons. The van der Waals surface area contributed by atoms with E-state index < -0.39 is 0 Å². The Morgan fingerprint density at radius 3 is 2.73 bits per heavy atom. The first-order valence-electron chi connectivity index (χ1n) is 6.08. The van der Waals surface area contributed by atoms with Crippen LogP contribution in [0.2, 0.25) is 0 Å². The molecular weight excluding hydrogens is 186 g/mol.